The van der Waals surface area contributed by atoms with Crippen LogP contribution in [0.4, 0.5) is 5.88 Å². The van der Waals surface area contributed by atoms with Gasteiger partial charge in [0.2, 0.25) is 11.6 Å². The number of anilines is 1. The van der Waals surface area contributed by atoms with E-state index < -0.39 is 0 Å². The molecule has 0 unspecified atom stereocenters. The molecule has 0 radical (unpaired) electrons. The lowest BCUT2D eigenvalue weighted by molar-refractivity contribution is 0.481. The van der Waals surface area contributed by atoms with E-state index in [0.29, 0.717) is 10.9 Å². The molecule has 0 saturated carbocycles. The van der Waals surface area contributed by atoms with Gasteiger partial charge in [-0.3, -0.25) is 0 Å². The van der Waals surface area contributed by atoms with Gasteiger partial charge in [0.05, 0.1) is 6.21 Å². The van der Waals surface area contributed by atoms with Crippen LogP contribution in [0.5, 0.6) is 0 Å². The molecule has 0 aliphatic rings. The normalized spacial score (nSPS) is 10.9. The predicted octanol–water partition coefficient (Wildman–Crippen LogP) is 3.77. The van der Waals surface area contributed by atoms with E-state index in [-0.39, 0.29) is 17.5 Å². The minimum absolute atomic E-state index is 0.106. The van der Waals surface area contributed by atoms with Crippen LogP contribution in [0, 0.1) is 11.3 Å². The minimum atomic E-state index is 0.106. The van der Waals surface area contributed by atoms with Crippen molar-refractivity contribution in [2.75, 3.05) is 5.43 Å². The van der Waals surface area contributed by atoms with Crippen LogP contribution in [0.3, 0.4) is 0 Å². The summed E-state index contributed by atoms with van der Waals surface area (Å²) in [5, 5.41) is 13.6. The van der Waals surface area contributed by atoms with E-state index in [9.17, 15) is 0 Å². The fourth-order valence-electron chi connectivity index (χ4n) is 1.49. The predicted molar refractivity (Wildman–Crippen MR) is 78.0 cm³/mol. The van der Waals surface area contributed by atoms with Gasteiger partial charge >= 0.3 is 0 Å². The quantitative estimate of drug-likeness (QED) is 0.686. The summed E-state index contributed by atoms with van der Waals surface area (Å²) in [7, 11) is 0. The second-order valence-electron chi connectivity index (χ2n) is 4.42. The van der Waals surface area contributed by atoms with Gasteiger partial charge in [-0.25, -0.2) is 10.4 Å². The molecule has 20 heavy (non-hydrogen) atoms. The van der Waals surface area contributed by atoms with Crippen molar-refractivity contribution in [1.29, 1.82) is 5.26 Å². The molecule has 0 amide bonds. The van der Waals surface area contributed by atoms with Crippen molar-refractivity contribution in [2.45, 2.75) is 19.8 Å². The summed E-state index contributed by atoms with van der Waals surface area (Å²) in [6.45, 7) is 3.87. The number of hydrogen-bond acceptors (Lipinski definition) is 5. The monoisotopic (exact) mass is 288 g/mol. The Labute approximate surface area is 121 Å². The first-order valence-electron chi connectivity index (χ1n) is 6.05. The van der Waals surface area contributed by atoms with Gasteiger partial charge in [-0.15, -0.1) is 0 Å². The van der Waals surface area contributed by atoms with Gasteiger partial charge in [0, 0.05) is 10.9 Å². The highest BCUT2D eigenvalue weighted by Gasteiger charge is 2.14. The van der Waals surface area contributed by atoms with E-state index in [4.69, 9.17) is 21.3 Å². The summed E-state index contributed by atoms with van der Waals surface area (Å²) in [5.41, 5.74) is 3.71. The van der Waals surface area contributed by atoms with Crippen molar-refractivity contribution in [3.63, 3.8) is 0 Å². The topological polar surface area (TPSA) is 74.2 Å². The van der Waals surface area contributed by atoms with Crippen LogP contribution in [-0.2, 0) is 0 Å². The molecule has 0 bridgehead atoms. The Balaban J connectivity index is 2.13. The number of benzene rings is 1. The van der Waals surface area contributed by atoms with Crippen LogP contribution in [0.15, 0.2) is 33.8 Å². The molecule has 2 aromatic rings. The first-order valence-corrected chi connectivity index (χ1v) is 6.43. The van der Waals surface area contributed by atoms with Crippen LogP contribution >= 0.6 is 11.6 Å². The van der Waals surface area contributed by atoms with Crippen LogP contribution in [0.1, 0.15) is 36.9 Å². The molecule has 0 saturated heterocycles. The fourth-order valence-corrected chi connectivity index (χ4v) is 1.69. The van der Waals surface area contributed by atoms with Gasteiger partial charge in [0.1, 0.15) is 6.07 Å². The van der Waals surface area contributed by atoms with Crippen molar-refractivity contribution >= 4 is 23.7 Å². The van der Waals surface area contributed by atoms with Crippen LogP contribution in [-0.4, -0.2) is 11.2 Å². The van der Waals surface area contributed by atoms with Crippen LogP contribution in [0.2, 0.25) is 5.02 Å². The number of halogens is 1. The van der Waals surface area contributed by atoms with Crippen LogP contribution < -0.4 is 5.43 Å². The Morgan fingerprint density at radius 2 is 2.30 bits per heavy atom. The summed E-state index contributed by atoms with van der Waals surface area (Å²) in [4.78, 5) is 4.08. The molecule has 5 nitrogen and oxygen atoms in total. The highest BCUT2D eigenvalue weighted by atomic mass is 35.5. The lowest BCUT2D eigenvalue weighted by atomic mass is 10.2. The zero-order chi connectivity index (χ0) is 14.5. The molecule has 0 atom stereocenters. The lowest BCUT2D eigenvalue weighted by Crippen LogP contribution is -1.91. The fraction of sp³-hybridized carbons (Fsp3) is 0.214. The van der Waals surface area contributed by atoms with Gasteiger partial charge in [-0.1, -0.05) is 37.6 Å². The van der Waals surface area contributed by atoms with E-state index in [1.54, 1.807) is 18.3 Å². The molecule has 0 aliphatic heterocycles. The zero-order valence-corrected chi connectivity index (χ0v) is 11.8. The zero-order valence-electron chi connectivity index (χ0n) is 11.1. The number of hydrazone groups is 1. The molecule has 1 aromatic carbocycles. The second kappa shape index (κ2) is 6.22. The summed E-state index contributed by atoms with van der Waals surface area (Å²) >= 11 is 5.87. The molecule has 0 fully saturated rings. The van der Waals surface area contributed by atoms with Crippen LogP contribution in [0.25, 0.3) is 0 Å². The highest BCUT2D eigenvalue weighted by Crippen LogP contribution is 2.22. The Hall–Kier alpha value is -2.32. The SMILES string of the molecule is CC(C)c1nc(C#N)c(N/N=C/c2cccc(Cl)c2)o1. The van der Waals surface area contributed by atoms with Crippen molar-refractivity contribution < 1.29 is 4.42 Å². The summed E-state index contributed by atoms with van der Waals surface area (Å²) < 4.78 is 5.44. The number of aromatic nitrogens is 1. The third-order valence-corrected chi connectivity index (χ3v) is 2.71. The third kappa shape index (κ3) is 3.37. The van der Waals surface area contributed by atoms with E-state index in [2.05, 4.69) is 15.5 Å². The molecule has 0 spiro atoms. The Morgan fingerprint density at radius 1 is 1.50 bits per heavy atom. The van der Waals surface area contributed by atoms with Crippen molar-refractivity contribution in [1.82, 2.24) is 4.98 Å². The Kier molecular flexibility index (Phi) is 4.38. The molecule has 1 aromatic heterocycles. The maximum Gasteiger partial charge on any atom is 0.252 e. The Bertz CT molecular complexity index is 670. The maximum absolute atomic E-state index is 8.98. The van der Waals surface area contributed by atoms with Crippen molar-refractivity contribution in [3.8, 4) is 6.07 Å². The average molecular weight is 289 g/mol. The molecule has 102 valence electrons. The van der Waals surface area contributed by atoms with Gasteiger partial charge < -0.3 is 4.42 Å². The first-order chi connectivity index (χ1) is 9.60. The van der Waals surface area contributed by atoms with E-state index >= 15 is 0 Å². The van der Waals surface area contributed by atoms with Crippen molar-refractivity contribution in [2.24, 2.45) is 5.10 Å². The largest absolute Gasteiger partial charge is 0.422 e. The highest BCUT2D eigenvalue weighted by molar-refractivity contribution is 6.30. The smallest absolute Gasteiger partial charge is 0.252 e. The maximum atomic E-state index is 8.98. The summed E-state index contributed by atoms with van der Waals surface area (Å²) in [6.07, 6.45) is 1.59. The van der Waals surface area contributed by atoms with Gasteiger partial charge in [-0.2, -0.15) is 10.4 Å². The second-order valence-corrected chi connectivity index (χ2v) is 4.86. The first kappa shape index (κ1) is 14.1. The van der Waals surface area contributed by atoms with Gasteiger partial charge in [0.25, 0.3) is 5.88 Å². The number of nitrogens with one attached hydrogen (secondary N) is 1. The molecule has 1 heterocycles. The number of oxazole rings is 1. The summed E-state index contributed by atoms with van der Waals surface area (Å²) in [5.74, 6) is 0.853. The Morgan fingerprint density at radius 3 is 2.95 bits per heavy atom. The van der Waals surface area contributed by atoms with Gasteiger partial charge in [-0.05, 0) is 17.7 Å². The van der Waals surface area contributed by atoms with Crippen molar-refractivity contribution in [3.05, 3.63) is 46.4 Å². The van der Waals surface area contributed by atoms with E-state index in [1.807, 2.05) is 32.0 Å². The lowest BCUT2D eigenvalue weighted by Gasteiger charge is -1.97. The number of nitrogens with zero attached hydrogens (tertiary/aromatic N) is 3. The average Bonchev–Trinajstić information content (AvgIpc) is 2.82. The molecule has 2 rings (SSSR count). The molecule has 1 N–H and O–H groups in total. The van der Waals surface area contributed by atoms with E-state index in [1.165, 1.54) is 0 Å². The summed E-state index contributed by atoms with van der Waals surface area (Å²) in [6, 6.07) is 9.22. The minimum Gasteiger partial charge on any atom is -0.422 e. The molecule has 6 heteroatoms. The number of rotatable bonds is 4. The molecular formula is C14H13ClN4O. The third-order valence-electron chi connectivity index (χ3n) is 2.47. The van der Waals surface area contributed by atoms with Gasteiger partial charge in [0.15, 0.2) is 0 Å². The molecular weight excluding hydrogens is 276 g/mol. The van der Waals surface area contributed by atoms with E-state index in [0.717, 1.165) is 5.56 Å². The number of nitriles is 1. The molecule has 0 aliphatic carbocycles. The standard InChI is InChI=1S/C14H13ClN4O/c1-9(2)13-18-12(7-16)14(20-13)19-17-8-10-4-3-5-11(15)6-10/h3-6,8-9,19H,1-2H3/b17-8+. The number of hydrogen-bond donors (Lipinski definition) is 1.